The number of likely N-dealkylation sites (N-methyl/N-ethyl adjacent to an activating group) is 1. The number of likely N-dealkylation sites (tertiary alicyclic amines) is 1. The Hall–Kier alpha value is -1.30. The molecule has 2 heterocycles. The zero-order chi connectivity index (χ0) is 14.1. The summed E-state index contributed by atoms with van der Waals surface area (Å²) in [6, 6.07) is 6.26. The van der Waals surface area contributed by atoms with E-state index in [1.807, 2.05) is 18.2 Å². The number of hydrogen-bond donors (Lipinski definition) is 1. The van der Waals surface area contributed by atoms with E-state index in [2.05, 4.69) is 23.9 Å². The molecule has 0 aromatic heterocycles. The van der Waals surface area contributed by atoms with Crippen LogP contribution in [0.5, 0.6) is 11.5 Å². The van der Waals surface area contributed by atoms with E-state index in [0.29, 0.717) is 12.6 Å². The molecule has 0 bridgehead atoms. The highest BCUT2D eigenvalue weighted by Crippen LogP contribution is 2.34. The highest BCUT2D eigenvalue weighted by molar-refractivity contribution is 5.45. The fraction of sp³-hybridized carbons (Fsp3) is 0.600. The van der Waals surface area contributed by atoms with E-state index < -0.39 is 6.10 Å². The summed E-state index contributed by atoms with van der Waals surface area (Å²) >= 11 is 0. The average Bonchev–Trinajstić information content (AvgIpc) is 3.05. The van der Waals surface area contributed by atoms with Gasteiger partial charge >= 0.3 is 0 Å². The Balaban J connectivity index is 1.61. The van der Waals surface area contributed by atoms with Crippen molar-refractivity contribution in [3.8, 4) is 11.5 Å². The number of aliphatic hydroxyl groups excluding tert-OH is 1. The average molecular weight is 278 g/mol. The maximum absolute atomic E-state index is 10.4. The number of ether oxygens (including phenoxy) is 2. The fourth-order valence-electron chi connectivity index (χ4n) is 2.87. The fourth-order valence-corrected chi connectivity index (χ4v) is 2.87. The van der Waals surface area contributed by atoms with E-state index in [9.17, 15) is 5.11 Å². The number of rotatable bonds is 4. The Morgan fingerprint density at radius 3 is 2.90 bits per heavy atom. The van der Waals surface area contributed by atoms with Crippen molar-refractivity contribution in [1.82, 2.24) is 9.80 Å². The molecule has 5 nitrogen and oxygen atoms in total. The molecule has 1 fully saturated rings. The van der Waals surface area contributed by atoms with Crippen LogP contribution in [0.15, 0.2) is 18.2 Å². The Morgan fingerprint density at radius 2 is 2.15 bits per heavy atom. The van der Waals surface area contributed by atoms with Gasteiger partial charge in [-0.3, -0.25) is 4.90 Å². The van der Waals surface area contributed by atoms with Crippen LogP contribution in [0.25, 0.3) is 0 Å². The molecular weight excluding hydrogens is 256 g/mol. The van der Waals surface area contributed by atoms with Crippen LogP contribution >= 0.6 is 0 Å². The molecule has 0 aliphatic carbocycles. The number of β-amino-alcohol motifs (C(OH)–C–C–N with tert-alkyl or cyclic N) is 1. The van der Waals surface area contributed by atoms with Crippen molar-refractivity contribution in [2.24, 2.45) is 0 Å². The smallest absolute Gasteiger partial charge is 0.231 e. The molecule has 5 heteroatoms. The molecule has 0 spiro atoms. The van der Waals surface area contributed by atoms with Crippen LogP contribution in [0.1, 0.15) is 18.1 Å². The van der Waals surface area contributed by atoms with Gasteiger partial charge in [-0.1, -0.05) is 6.07 Å². The summed E-state index contributed by atoms with van der Waals surface area (Å²) in [5, 5.41) is 10.4. The molecule has 1 saturated heterocycles. The highest BCUT2D eigenvalue weighted by atomic mass is 16.7. The van der Waals surface area contributed by atoms with Gasteiger partial charge in [-0.15, -0.1) is 0 Å². The third-order valence-corrected chi connectivity index (χ3v) is 4.19. The SMILES string of the molecule is CN(C)C1CCN(CC(O)c2ccc3c(c2)OCO3)C1. The topological polar surface area (TPSA) is 45.2 Å². The molecule has 1 aromatic carbocycles. The summed E-state index contributed by atoms with van der Waals surface area (Å²) in [5.41, 5.74) is 0.891. The maximum atomic E-state index is 10.4. The van der Waals surface area contributed by atoms with Gasteiger partial charge in [-0.25, -0.2) is 0 Å². The third kappa shape index (κ3) is 2.75. The summed E-state index contributed by atoms with van der Waals surface area (Å²) in [6.45, 7) is 3.01. The van der Waals surface area contributed by atoms with Crippen LogP contribution in [0.3, 0.4) is 0 Å². The standard InChI is InChI=1S/C15H22N2O3/c1-16(2)12-5-6-17(8-12)9-13(18)11-3-4-14-15(7-11)20-10-19-14/h3-4,7,12-13,18H,5-6,8-10H2,1-2H3. The van der Waals surface area contributed by atoms with Gasteiger partial charge in [-0.05, 0) is 44.8 Å². The molecule has 2 aliphatic rings. The van der Waals surface area contributed by atoms with E-state index in [4.69, 9.17) is 9.47 Å². The van der Waals surface area contributed by atoms with E-state index in [1.165, 1.54) is 6.42 Å². The number of nitrogens with zero attached hydrogens (tertiary/aromatic N) is 2. The minimum atomic E-state index is -0.481. The Morgan fingerprint density at radius 1 is 1.35 bits per heavy atom. The van der Waals surface area contributed by atoms with Crippen LogP contribution in [0.2, 0.25) is 0 Å². The summed E-state index contributed by atoms with van der Waals surface area (Å²) in [7, 11) is 4.23. The molecule has 2 atom stereocenters. The van der Waals surface area contributed by atoms with Crippen molar-refractivity contribution in [3.05, 3.63) is 23.8 Å². The van der Waals surface area contributed by atoms with Gasteiger partial charge in [0.1, 0.15) is 0 Å². The third-order valence-electron chi connectivity index (χ3n) is 4.19. The van der Waals surface area contributed by atoms with Crippen LogP contribution in [-0.2, 0) is 0 Å². The van der Waals surface area contributed by atoms with E-state index in [0.717, 1.165) is 30.2 Å². The van der Waals surface area contributed by atoms with Crippen LogP contribution in [0, 0.1) is 0 Å². The van der Waals surface area contributed by atoms with Gasteiger partial charge in [0.05, 0.1) is 6.10 Å². The molecule has 0 radical (unpaired) electrons. The van der Waals surface area contributed by atoms with Gasteiger partial charge in [0.25, 0.3) is 0 Å². The second-order valence-electron chi connectivity index (χ2n) is 5.79. The first-order chi connectivity index (χ1) is 9.63. The zero-order valence-electron chi connectivity index (χ0n) is 12.1. The van der Waals surface area contributed by atoms with Crippen molar-refractivity contribution in [2.45, 2.75) is 18.6 Å². The summed E-state index contributed by atoms with van der Waals surface area (Å²) < 4.78 is 10.6. The van der Waals surface area contributed by atoms with Crippen molar-refractivity contribution in [2.75, 3.05) is 40.5 Å². The lowest BCUT2D eigenvalue weighted by atomic mass is 10.1. The van der Waals surface area contributed by atoms with Crippen LogP contribution in [-0.4, -0.2) is 61.5 Å². The Kier molecular flexibility index (Phi) is 3.83. The Bertz CT molecular complexity index is 478. The van der Waals surface area contributed by atoms with Gasteiger partial charge in [0, 0.05) is 19.1 Å². The molecule has 0 amide bonds. The van der Waals surface area contributed by atoms with Gasteiger partial charge < -0.3 is 19.5 Å². The summed E-state index contributed by atoms with van der Waals surface area (Å²) in [6.07, 6.45) is 0.686. The van der Waals surface area contributed by atoms with Gasteiger partial charge in [0.15, 0.2) is 11.5 Å². The number of fused-ring (bicyclic) bond motifs is 1. The molecule has 1 aromatic rings. The molecule has 3 rings (SSSR count). The lowest BCUT2D eigenvalue weighted by molar-refractivity contribution is 0.122. The first-order valence-electron chi connectivity index (χ1n) is 7.10. The molecular formula is C15H22N2O3. The second-order valence-corrected chi connectivity index (χ2v) is 5.79. The Labute approximate surface area is 119 Å². The summed E-state index contributed by atoms with van der Waals surface area (Å²) in [4.78, 5) is 4.58. The molecule has 110 valence electrons. The lowest BCUT2D eigenvalue weighted by Gasteiger charge is -2.22. The van der Waals surface area contributed by atoms with E-state index >= 15 is 0 Å². The number of aliphatic hydroxyl groups is 1. The van der Waals surface area contributed by atoms with Crippen molar-refractivity contribution in [1.29, 1.82) is 0 Å². The van der Waals surface area contributed by atoms with E-state index in [-0.39, 0.29) is 6.79 Å². The quantitative estimate of drug-likeness (QED) is 0.893. The number of hydrogen-bond acceptors (Lipinski definition) is 5. The molecule has 1 N–H and O–H groups in total. The first-order valence-corrected chi connectivity index (χ1v) is 7.10. The minimum Gasteiger partial charge on any atom is -0.454 e. The van der Waals surface area contributed by atoms with Crippen molar-refractivity contribution < 1.29 is 14.6 Å². The second kappa shape index (κ2) is 5.60. The molecule has 0 saturated carbocycles. The molecule has 2 aliphatic heterocycles. The summed E-state index contributed by atoms with van der Waals surface area (Å²) in [5.74, 6) is 1.49. The maximum Gasteiger partial charge on any atom is 0.231 e. The molecule has 2 unspecified atom stereocenters. The van der Waals surface area contributed by atoms with E-state index in [1.54, 1.807) is 0 Å². The zero-order valence-corrected chi connectivity index (χ0v) is 12.1. The van der Waals surface area contributed by atoms with Crippen LogP contribution in [0.4, 0.5) is 0 Å². The minimum absolute atomic E-state index is 0.269. The largest absolute Gasteiger partial charge is 0.454 e. The number of benzene rings is 1. The lowest BCUT2D eigenvalue weighted by Crippen LogP contribution is -2.33. The van der Waals surface area contributed by atoms with Crippen molar-refractivity contribution >= 4 is 0 Å². The normalized spacial score (nSPS) is 23.5. The van der Waals surface area contributed by atoms with Crippen LogP contribution < -0.4 is 9.47 Å². The predicted molar refractivity (Wildman–Crippen MR) is 76.1 cm³/mol. The molecule has 20 heavy (non-hydrogen) atoms. The predicted octanol–water partition coefficient (Wildman–Crippen LogP) is 1.08. The van der Waals surface area contributed by atoms with Crippen molar-refractivity contribution in [3.63, 3.8) is 0 Å². The van der Waals surface area contributed by atoms with Gasteiger partial charge in [0.2, 0.25) is 6.79 Å². The van der Waals surface area contributed by atoms with Gasteiger partial charge in [-0.2, -0.15) is 0 Å². The monoisotopic (exact) mass is 278 g/mol. The highest BCUT2D eigenvalue weighted by Gasteiger charge is 2.26. The first kappa shape index (κ1) is 13.7.